The lowest BCUT2D eigenvalue weighted by molar-refractivity contribution is 0.00179. The minimum absolute atomic E-state index is 0.165. The topological polar surface area (TPSA) is 93.9 Å². The van der Waals surface area contributed by atoms with E-state index in [0.717, 1.165) is 31.6 Å². The van der Waals surface area contributed by atoms with Crippen molar-refractivity contribution in [2.45, 2.75) is 62.6 Å². The average Bonchev–Trinajstić information content (AvgIpc) is 2.44. The van der Waals surface area contributed by atoms with E-state index in [2.05, 4.69) is 26.7 Å². The smallest absolute Gasteiger partial charge is 0.224 e. The SMILES string of the molecule is N#Cc1cnc(N[C@H]2CC[C@H](O)CC2)nc1NC12CC(C1)C2. The molecule has 22 heavy (non-hydrogen) atoms. The fourth-order valence-electron chi connectivity index (χ4n) is 3.91. The minimum Gasteiger partial charge on any atom is -0.393 e. The molecule has 5 rings (SSSR count). The van der Waals surface area contributed by atoms with Crippen molar-refractivity contribution in [1.29, 1.82) is 5.26 Å². The third-order valence-electron chi connectivity index (χ3n) is 5.36. The zero-order valence-corrected chi connectivity index (χ0v) is 12.5. The van der Waals surface area contributed by atoms with Gasteiger partial charge in [0.2, 0.25) is 5.95 Å². The number of nitrogens with zero attached hydrogens (tertiary/aromatic N) is 3. The van der Waals surface area contributed by atoms with Crippen LogP contribution in [0, 0.1) is 17.2 Å². The summed E-state index contributed by atoms with van der Waals surface area (Å²) >= 11 is 0. The van der Waals surface area contributed by atoms with E-state index in [9.17, 15) is 10.4 Å². The molecule has 4 saturated carbocycles. The minimum atomic E-state index is -0.165. The summed E-state index contributed by atoms with van der Waals surface area (Å²) in [7, 11) is 0. The summed E-state index contributed by atoms with van der Waals surface area (Å²) in [5.41, 5.74) is 0.700. The molecule has 1 aromatic heterocycles. The van der Waals surface area contributed by atoms with Crippen LogP contribution in [0.15, 0.2) is 6.20 Å². The van der Waals surface area contributed by atoms with E-state index in [1.165, 1.54) is 19.3 Å². The van der Waals surface area contributed by atoms with Gasteiger partial charge in [0, 0.05) is 11.6 Å². The van der Waals surface area contributed by atoms with Crippen LogP contribution in [-0.4, -0.2) is 32.8 Å². The lowest BCUT2D eigenvalue weighted by atomic mass is 9.50. The molecule has 4 fully saturated rings. The number of hydrogen-bond donors (Lipinski definition) is 3. The van der Waals surface area contributed by atoms with Crippen LogP contribution in [0.5, 0.6) is 0 Å². The van der Waals surface area contributed by atoms with Crippen molar-refractivity contribution >= 4 is 11.8 Å². The fraction of sp³-hybridized carbons (Fsp3) is 0.688. The number of aromatic nitrogens is 2. The number of aliphatic hydroxyl groups excluding tert-OH is 1. The van der Waals surface area contributed by atoms with Gasteiger partial charge in [-0.1, -0.05) is 0 Å². The van der Waals surface area contributed by atoms with Gasteiger partial charge in [-0.3, -0.25) is 0 Å². The molecule has 116 valence electrons. The molecule has 0 atom stereocenters. The van der Waals surface area contributed by atoms with E-state index in [4.69, 9.17) is 0 Å². The maximum atomic E-state index is 9.57. The maximum Gasteiger partial charge on any atom is 0.224 e. The Morgan fingerprint density at radius 2 is 1.95 bits per heavy atom. The van der Waals surface area contributed by atoms with E-state index >= 15 is 0 Å². The number of anilines is 2. The highest BCUT2D eigenvalue weighted by molar-refractivity contribution is 5.56. The number of aliphatic hydroxyl groups is 1. The van der Waals surface area contributed by atoms with Crippen LogP contribution in [0.2, 0.25) is 0 Å². The molecule has 0 aliphatic heterocycles. The van der Waals surface area contributed by atoms with Crippen LogP contribution in [0.25, 0.3) is 0 Å². The molecule has 4 aliphatic carbocycles. The summed E-state index contributed by atoms with van der Waals surface area (Å²) in [4.78, 5) is 8.79. The summed E-state index contributed by atoms with van der Waals surface area (Å²) in [5.74, 6) is 2.12. The normalized spacial score (nSPS) is 35.7. The summed E-state index contributed by atoms with van der Waals surface area (Å²) in [6.07, 6.45) is 8.54. The molecule has 6 nitrogen and oxygen atoms in total. The van der Waals surface area contributed by atoms with E-state index < -0.39 is 0 Å². The van der Waals surface area contributed by atoms with E-state index in [1.807, 2.05) is 0 Å². The Bertz CT molecular complexity index is 600. The van der Waals surface area contributed by atoms with Gasteiger partial charge in [-0.2, -0.15) is 10.2 Å². The monoisotopic (exact) mass is 299 g/mol. The van der Waals surface area contributed by atoms with E-state index in [1.54, 1.807) is 6.20 Å². The second-order valence-corrected chi connectivity index (χ2v) is 7.10. The van der Waals surface area contributed by atoms with Gasteiger partial charge in [0.15, 0.2) is 0 Å². The third-order valence-corrected chi connectivity index (χ3v) is 5.36. The lowest BCUT2D eigenvalue weighted by Gasteiger charge is -2.62. The van der Waals surface area contributed by atoms with Gasteiger partial charge in [-0.15, -0.1) is 0 Å². The van der Waals surface area contributed by atoms with Crippen LogP contribution >= 0.6 is 0 Å². The summed E-state index contributed by atoms with van der Waals surface area (Å²) in [5, 5.41) is 25.6. The van der Waals surface area contributed by atoms with Crippen molar-refractivity contribution in [2.75, 3.05) is 10.6 Å². The maximum absolute atomic E-state index is 9.57. The molecule has 0 spiro atoms. The third kappa shape index (κ3) is 2.40. The van der Waals surface area contributed by atoms with Crippen molar-refractivity contribution in [3.8, 4) is 6.07 Å². The largest absolute Gasteiger partial charge is 0.393 e. The predicted molar refractivity (Wildman–Crippen MR) is 82.3 cm³/mol. The lowest BCUT2D eigenvalue weighted by Crippen LogP contribution is -2.63. The Hall–Kier alpha value is -1.87. The molecule has 0 saturated heterocycles. The molecule has 2 bridgehead atoms. The Labute approximate surface area is 130 Å². The standard InChI is InChI=1S/C16H21N5O/c17-8-11-9-18-15(19-12-1-3-13(22)4-2-12)20-14(11)21-16-5-10(6-16)7-16/h9-10,12-13,22H,1-7H2,(H2,18,19,20,21)/t10?,12-,13-,16?. The molecule has 3 N–H and O–H groups in total. The number of nitrogens with one attached hydrogen (secondary N) is 2. The molecule has 1 aromatic rings. The van der Waals surface area contributed by atoms with E-state index in [-0.39, 0.29) is 11.6 Å². The first-order chi connectivity index (χ1) is 10.7. The summed E-state index contributed by atoms with van der Waals surface area (Å²) in [6.45, 7) is 0. The van der Waals surface area contributed by atoms with Gasteiger partial charge < -0.3 is 15.7 Å². The quantitative estimate of drug-likeness (QED) is 0.787. The first-order valence-corrected chi connectivity index (χ1v) is 8.16. The zero-order chi connectivity index (χ0) is 15.2. The van der Waals surface area contributed by atoms with Crippen LogP contribution in [-0.2, 0) is 0 Å². The van der Waals surface area contributed by atoms with Crippen molar-refractivity contribution in [2.24, 2.45) is 5.92 Å². The van der Waals surface area contributed by atoms with Gasteiger partial charge in [0.1, 0.15) is 17.5 Å². The molecular formula is C16H21N5O. The summed E-state index contributed by atoms with van der Waals surface area (Å²) in [6, 6.07) is 2.48. The highest BCUT2D eigenvalue weighted by atomic mass is 16.3. The van der Waals surface area contributed by atoms with Crippen LogP contribution in [0.1, 0.15) is 50.5 Å². The van der Waals surface area contributed by atoms with Gasteiger partial charge >= 0.3 is 0 Å². The number of nitriles is 1. The molecule has 0 aromatic carbocycles. The first kappa shape index (κ1) is 13.8. The summed E-state index contributed by atoms with van der Waals surface area (Å²) < 4.78 is 0. The van der Waals surface area contributed by atoms with Crippen molar-refractivity contribution < 1.29 is 5.11 Å². The average molecular weight is 299 g/mol. The first-order valence-electron chi connectivity index (χ1n) is 8.16. The Morgan fingerprint density at radius 1 is 1.23 bits per heavy atom. The molecule has 0 unspecified atom stereocenters. The molecule has 0 radical (unpaired) electrons. The van der Waals surface area contributed by atoms with Gasteiger partial charge in [-0.25, -0.2) is 4.98 Å². The molecule has 1 heterocycles. The van der Waals surface area contributed by atoms with Crippen LogP contribution in [0.3, 0.4) is 0 Å². The van der Waals surface area contributed by atoms with Gasteiger partial charge in [0.05, 0.1) is 12.3 Å². The molecule has 4 aliphatic rings. The Morgan fingerprint density at radius 3 is 2.55 bits per heavy atom. The molecule has 6 heteroatoms. The second-order valence-electron chi connectivity index (χ2n) is 7.10. The van der Waals surface area contributed by atoms with Gasteiger partial charge in [-0.05, 0) is 50.9 Å². The Kier molecular flexibility index (Phi) is 3.19. The Balaban J connectivity index is 1.47. The highest BCUT2D eigenvalue weighted by Crippen LogP contribution is 2.58. The highest BCUT2D eigenvalue weighted by Gasteiger charge is 2.57. The predicted octanol–water partition coefficient (Wildman–Crippen LogP) is 2.03. The van der Waals surface area contributed by atoms with Crippen LogP contribution < -0.4 is 10.6 Å². The second kappa shape index (κ2) is 5.10. The zero-order valence-electron chi connectivity index (χ0n) is 12.5. The number of rotatable bonds is 4. The fourth-order valence-corrected chi connectivity index (χ4v) is 3.91. The van der Waals surface area contributed by atoms with Crippen molar-refractivity contribution in [3.05, 3.63) is 11.8 Å². The van der Waals surface area contributed by atoms with Crippen molar-refractivity contribution in [1.82, 2.24) is 9.97 Å². The van der Waals surface area contributed by atoms with Crippen molar-refractivity contribution in [3.63, 3.8) is 0 Å². The molecule has 0 amide bonds. The van der Waals surface area contributed by atoms with Crippen LogP contribution in [0.4, 0.5) is 11.8 Å². The molecular weight excluding hydrogens is 278 g/mol. The van der Waals surface area contributed by atoms with Gasteiger partial charge in [0.25, 0.3) is 0 Å². The van der Waals surface area contributed by atoms with E-state index in [0.29, 0.717) is 23.4 Å². The number of hydrogen-bond acceptors (Lipinski definition) is 6.